The van der Waals surface area contributed by atoms with Crippen molar-refractivity contribution in [2.45, 2.75) is 74.7 Å². The van der Waals surface area contributed by atoms with Crippen LogP contribution in [0.4, 0.5) is 0 Å². The molecule has 214 valence electrons. The third-order valence-corrected chi connectivity index (χ3v) is 8.70. The molecule has 0 N–H and O–H groups in total. The van der Waals surface area contributed by atoms with Crippen molar-refractivity contribution in [1.29, 1.82) is 5.26 Å². The molecule has 0 spiro atoms. The van der Waals surface area contributed by atoms with Gasteiger partial charge in [-0.1, -0.05) is 71.0 Å². The van der Waals surface area contributed by atoms with Gasteiger partial charge in [-0.15, -0.1) is 0 Å². The number of aryl methyl sites for hydroxylation is 2. The Morgan fingerprint density at radius 3 is 2.26 bits per heavy atom. The van der Waals surface area contributed by atoms with Gasteiger partial charge in [-0.05, 0) is 95.7 Å². The van der Waals surface area contributed by atoms with Crippen molar-refractivity contribution in [3.05, 3.63) is 77.0 Å². The Morgan fingerprint density at radius 1 is 0.857 bits per heavy atom. The van der Waals surface area contributed by atoms with Gasteiger partial charge in [-0.25, -0.2) is 4.57 Å². The molecule has 0 saturated carbocycles. The van der Waals surface area contributed by atoms with Gasteiger partial charge in [0.2, 0.25) is 5.69 Å². The maximum absolute atomic E-state index is 9.63. The summed E-state index contributed by atoms with van der Waals surface area (Å²) in [6, 6.07) is 20.6. The average Bonchev–Trinajstić information content (AvgIpc) is 2.91. The predicted octanol–water partition coefficient (Wildman–Crippen LogP) is 9.93. The Bertz CT molecular complexity index is 1950. The molecule has 0 radical (unpaired) electrons. The number of aromatic nitrogens is 1. The van der Waals surface area contributed by atoms with E-state index in [2.05, 4.69) is 114 Å². The maximum atomic E-state index is 9.63. The minimum Gasteiger partial charge on any atom is -0.455 e. The molecule has 0 bridgehead atoms. The second kappa shape index (κ2) is 9.84. The van der Waals surface area contributed by atoms with Crippen LogP contribution in [0, 0.1) is 35.0 Å². The highest BCUT2D eigenvalue weighted by Crippen LogP contribution is 2.53. The highest BCUT2D eigenvalue weighted by molar-refractivity contribution is 6.16. The van der Waals surface area contributed by atoms with Crippen molar-refractivity contribution < 1.29 is 9.30 Å². The van der Waals surface area contributed by atoms with E-state index in [1.807, 2.05) is 13.8 Å². The zero-order chi connectivity index (χ0) is 30.1. The zero-order valence-corrected chi connectivity index (χ0v) is 26.7. The van der Waals surface area contributed by atoms with Gasteiger partial charge in [0.25, 0.3) is 0 Å². The first-order valence-corrected chi connectivity index (χ1v) is 15.3. The van der Waals surface area contributed by atoms with Crippen molar-refractivity contribution in [2.24, 2.45) is 23.8 Å². The third kappa shape index (κ3) is 4.82. The van der Waals surface area contributed by atoms with Gasteiger partial charge in [0, 0.05) is 17.0 Å². The molecule has 6 rings (SSSR count). The summed E-state index contributed by atoms with van der Waals surface area (Å²) in [5.41, 5.74) is 7.27. The van der Waals surface area contributed by atoms with E-state index in [9.17, 15) is 5.26 Å². The van der Waals surface area contributed by atoms with E-state index >= 15 is 0 Å². The van der Waals surface area contributed by atoms with Crippen LogP contribution >= 0.6 is 0 Å². The normalized spacial score (nSPS) is 13.1. The highest BCUT2D eigenvalue weighted by Gasteiger charge is 2.34. The van der Waals surface area contributed by atoms with Gasteiger partial charge in [-0.2, -0.15) is 5.26 Å². The fourth-order valence-electron chi connectivity index (χ4n) is 6.91. The maximum Gasteiger partial charge on any atom is 0.228 e. The monoisotopic (exact) mass is 555 g/mol. The summed E-state index contributed by atoms with van der Waals surface area (Å²) in [7, 11) is 2.16. The van der Waals surface area contributed by atoms with E-state index in [0.717, 1.165) is 29.7 Å². The van der Waals surface area contributed by atoms with Crippen molar-refractivity contribution in [3.8, 4) is 28.8 Å². The number of nitriles is 1. The predicted molar refractivity (Wildman–Crippen MR) is 175 cm³/mol. The van der Waals surface area contributed by atoms with Crippen LogP contribution in [0.25, 0.3) is 43.6 Å². The fraction of sp³-hybridized carbons (Fsp3) is 0.385. The average molecular weight is 556 g/mol. The van der Waals surface area contributed by atoms with Crippen LogP contribution in [-0.4, -0.2) is 0 Å². The molecule has 2 heterocycles. The van der Waals surface area contributed by atoms with E-state index in [4.69, 9.17) is 4.74 Å². The molecule has 0 aliphatic carbocycles. The molecule has 0 amide bonds. The molecule has 0 saturated heterocycles. The third-order valence-electron chi connectivity index (χ3n) is 8.70. The lowest BCUT2D eigenvalue weighted by molar-refractivity contribution is -0.659. The Morgan fingerprint density at radius 2 is 1.57 bits per heavy atom. The summed E-state index contributed by atoms with van der Waals surface area (Å²) in [6.45, 7) is 17.8. The standard InChI is InChI=1S/C39H43N2O/c1-23(2)16-25-10-13-29-31(18-25)24(3)34-36-35-30(14-15-41(36)9)28-12-11-26(20-39(7,8)22-40)17-27(28)19-33(35)42-37(34)32(29)21-38(4,5)6/h10-15,17-19,23H,16,20-21H2,1-9H3/q+1. The lowest BCUT2D eigenvalue weighted by Gasteiger charge is -2.28. The molecule has 0 unspecified atom stereocenters. The smallest absolute Gasteiger partial charge is 0.228 e. The van der Waals surface area contributed by atoms with Crippen LogP contribution in [0.5, 0.6) is 11.5 Å². The summed E-state index contributed by atoms with van der Waals surface area (Å²) in [5.74, 6) is 2.53. The number of hydrogen-bond donors (Lipinski definition) is 0. The molecule has 4 aromatic carbocycles. The quantitative estimate of drug-likeness (QED) is 0.157. The second-order valence-electron chi connectivity index (χ2n) is 14.8. The first-order valence-electron chi connectivity index (χ1n) is 15.3. The summed E-state index contributed by atoms with van der Waals surface area (Å²) in [5, 5.41) is 17.0. The molecular weight excluding hydrogens is 512 g/mol. The summed E-state index contributed by atoms with van der Waals surface area (Å²) >= 11 is 0. The lowest BCUT2D eigenvalue weighted by Crippen LogP contribution is -2.32. The number of benzene rings is 4. The number of fused-ring (bicyclic) bond motifs is 5. The van der Waals surface area contributed by atoms with Crippen LogP contribution in [0.1, 0.15) is 70.7 Å². The first-order chi connectivity index (χ1) is 19.8. The largest absolute Gasteiger partial charge is 0.455 e. The van der Waals surface area contributed by atoms with Crippen LogP contribution < -0.4 is 9.30 Å². The molecule has 1 aromatic heterocycles. The van der Waals surface area contributed by atoms with E-state index < -0.39 is 5.41 Å². The molecule has 3 heteroatoms. The van der Waals surface area contributed by atoms with Crippen LogP contribution in [0.15, 0.2) is 54.7 Å². The molecule has 0 fully saturated rings. The molecular formula is C39H43N2O+. The minimum atomic E-state index is -0.412. The summed E-state index contributed by atoms with van der Waals surface area (Å²) in [6.07, 6.45) is 4.91. The second-order valence-corrected chi connectivity index (χ2v) is 14.8. The fourth-order valence-corrected chi connectivity index (χ4v) is 6.91. The Kier molecular flexibility index (Phi) is 6.61. The molecule has 42 heavy (non-hydrogen) atoms. The Labute approximate surface area is 250 Å². The van der Waals surface area contributed by atoms with Crippen LogP contribution in [0.3, 0.4) is 0 Å². The first kappa shape index (κ1) is 28.2. The number of hydrogen-bond acceptors (Lipinski definition) is 2. The van der Waals surface area contributed by atoms with Crippen molar-refractivity contribution in [1.82, 2.24) is 0 Å². The number of pyridine rings is 1. The Balaban J connectivity index is 1.68. The van der Waals surface area contributed by atoms with Crippen molar-refractivity contribution >= 4 is 32.3 Å². The molecule has 5 aromatic rings. The van der Waals surface area contributed by atoms with Crippen LogP contribution in [-0.2, 0) is 26.3 Å². The summed E-state index contributed by atoms with van der Waals surface area (Å²) in [4.78, 5) is 0. The molecule has 1 aliphatic rings. The van der Waals surface area contributed by atoms with Gasteiger partial charge >= 0.3 is 0 Å². The molecule has 0 atom stereocenters. The number of ether oxygens (including phenoxy) is 1. The zero-order valence-electron chi connectivity index (χ0n) is 26.7. The van der Waals surface area contributed by atoms with E-state index in [1.54, 1.807) is 0 Å². The van der Waals surface area contributed by atoms with E-state index in [1.165, 1.54) is 60.4 Å². The molecule has 3 nitrogen and oxygen atoms in total. The van der Waals surface area contributed by atoms with E-state index in [-0.39, 0.29) is 5.41 Å². The van der Waals surface area contributed by atoms with Crippen molar-refractivity contribution in [2.75, 3.05) is 0 Å². The highest BCUT2D eigenvalue weighted by atomic mass is 16.5. The molecule has 1 aliphatic heterocycles. The van der Waals surface area contributed by atoms with Gasteiger partial charge in [0.05, 0.1) is 22.4 Å². The van der Waals surface area contributed by atoms with Crippen molar-refractivity contribution in [3.63, 3.8) is 0 Å². The van der Waals surface area contributed by atoms with Gasteiger partial charge < -0.3 is 4.74 Å². The topological polar surface area (TPSA) is 36.9 Å². The number of nitrogens with zero attached hydrogens (tertiary/aromatic N) is 2. The lowest BCUT2D eigenvalue weighted by atomic mass is 9.81. The van der Waals surface area contributed by atoms with Gasteiger partial charge in [0.1, 0.15) is 18.5 Å². The minimum absolute atomic E-state index is 0.0935. The Hall–Kier alpha value is -3.90. The van der Waals surface area contributed by atoms with Crippen LogP contribution in [0.2, 0.25) is 0 Å². The van der Waals surface area contributed by atoms with Gasteiger partial charge in [-0.3, -0.25) is 0 Å². The summed E-state index contributed by atoms with van der Waals surface area (Å²) < 4.78 is 9.35. The van der Waals surface area contributed by atoms with Gasteiger partial charge in [0.15, 0.2) is 6.20 Å². The van der Waals surface area contributed by atoms with E-state index in [0.29, 0.717) is 12.3 Å². The SMILES string of the molecule is Cc1c2c(c(CC(C)(C)C)c3ccc(CC(C)C)cc13)Oc1cc3cc(CC(C)(C)C#N)ccc3c3cc[n+](C)c-2c13. The number of rotatable bonds is 5.